The Morgan fingerprint density at radius 2 is 2.00 bits per heavy atom. The Balaban J connectivity index is 1.43. The quantitative estimate of drug-likeness (QED) is 0.899. The number of hydrogen-bond donors (Lipinski definition) is 1. The number of benzene rings is 1. The van der Waals surface area contributed by atoms with Crippen LogP contribution in [-0.4, -0.2) is 36.9 Å². The van der Waals surface area contributed by atoms with E-state index in [-0.39, 0.29) is 12.7 Å². The highest BCUT2D eigenvalue weighted by Gasteiger charge is 2.40. The summed E-state index contributed by atoms with van der Waals surface area (Å²) in [6, 6.07) is 5.99. The molecule has 120 valence electrons. The van der Waals surface area contributed by atoms with E-state index in [1.54, 1.807) is 0 Å². The van der Waals surface area contributed by atoms with Crippen molar-refractivity contribution < 1.29 is 28.8 Å². The highest BCUT2D eigenvalue weighted by molar-refractivity contribution is 5.75. The van der Waals surface area contributed by atoms with Crippen LogP contribution >= 0.6 is 0 Å². The molecule has 0 saturated carbocycles. The van der Waals surface area contributed by atoms with Crippen LogP contribution in [-0.2, 0) is 20.7 Å². The maximum Gasteiger partial charge on any atom is 0.364 e. The molecule has 2 aliphatic rings. The molecule has 2 heterocycles. The van der Waals surface area contributed by atoms with Gasteiger partial charge in [0.25, 0.3) is 5.79 Å². The first kappa shape index (κ1) is 15.1. The third kappa shape index (κ3) is 3.18. The lowest BCUT2D eigenvalue weighted by molar-refractivity contribution is -0.271. The lowest BCUT2D eigenvalue weighted by Gasteiger charge is -2.34. The smallest absolute Gasteiger partial charge is 0.364 e. The molecule has 2 aliphatic heterocycles. The van der Waals surface area contributed by atoms with E-state index >= 15 is 0 Å². The van der Waals surface area contributed by atoms with E-state index in [1.165, 1.54) is 12.5 Å². The van der Waals surface area contributed by atoms with Gasteiger partial charge in [0, 0.05) is 12.8 Å². The van der Waals surface area contributed by atoms with Crippen molar-refractivity contribution in [3.05, 3.63) is 23.8 Å². The van der Waals surface area contributed by atoms with E-state index in [1.807, 2.05) is 18.2 Å². The zero-order valence-corrected chi connectivity index (χ0v) is 12.5. The van der Waals surface area contributed by atoms with Crippen molar-refractivity contribution in [3.8, 4) is 11.5 Å². The minimum absolute atomic E-state index is 0.237. The van der Waals surface area contributed by atoms with Gasteiger partial charge in [-0.05, 0) is 37.0 Å². The Morgan fingerprint density at radius 3 is 2.73 bits per heavy atom. The maximum atomic E-state index is 11.0. The number of carbonyl (C=O) groups is 1. The first-order valence-corrected chi connectivity index (χ1v) is 7.47. The number of aliphatic carboxylic acids is 1. The molecular weight excluding hydrogens is 288 g/mol. The molecule has 0 atom stereocenters. The molecule has 0 aromatic heterocycles. The summed E-state index contributed by atoms with van der Waals surface area (Å²) in [5.74, 6) is -0.731. The largest absolute Gasteiger partial charge is 0.477 e. The normalized spacial score (nSPS) is 26.9. The third-order valence-electron chi connectivity index (χ3n) is 4.09. The van der Waals surface area contributed by atoms with Crippen LogP contribution in [0.4, 0.5) is 0 Å². The highest BCUT2D eigenvalue weighted by atomic mass is 16.7. The summed E-state index contributed by atoms with van der Waals surface area (Å²) in [7, 11) is 0. The molecule has 1 N–H and O–H groups in total. The third-order valence-corrected chi connectivity index (χ3v) is 4.09. The van der Waals surface area contributed by atoms with Crippen molar-refractivity contribution >= 4 is 5.97 Å². The number of hydrogen-bond acceptors (Lipinski definition) is 5. The summed E-state index contributed by atoms with van der Waals surface area (Å²) < 4.78 is 21.3. The van der Waals surface area contributed by atoms with E-state index in [9.17, 15) is 4.79 Å². The van der Waals surface area contributed by atoms with Gasteiger partial charge in [-0.2, -0.15) is 0 Å². The van der Waals surface area contributed by atoms with Gasteiger partial charge < -0.3 is 24.1 Å². The first-order valence-electron chi connectivity index (χ1n) is 7.47. The van der Waals surface area contributed by atoms with Crippen molar-refractivity contribution in [2.24, 2.45) is 5.92 Å². The van der Waals surface area contributed by atoms with E-state index < -0.39 is 11.8 Å². The molecule has 0 spiro atoms. The van der Waals surface area contributed by atoms with Crippen molar-refractivity contribution in [1.82, 2.24) is 0 Å². The minimum atomic E-state index is -1.49. The molecule has 1 aromatic carbocycles. The number of carboxylic acid groups (broad SMARTS) is 1. The molecule has 0 radical (unpaired) electrons. The second kappa shape index (κ2) is 6.14. The Labute approximate surface area is 128 Å². The van der Waals surface area contributed by atoms with Crippen LogP contribution in [0.2, 0.25) is 0 Å². The Hall–Kier alpha value is -1.79. The molecule has 0 bridgehead atoms. The van der Waals surface area contributed by atoms with Gasteiger partial charge in [0.2, 0.25) is 6.79 Å². The summed E-state index contributed by atoms with van der Waals surface area (Å²) in [4.78, 5) is 11.0. The fourth-order valence-electron chi connectivity index (χ4n) is 2.62. The Morgan fingerprint density at radius 1 is 1.27 bits per heavy atom. The lowest BCUT2D eigenvalue weighted by atomic mass is 9.99. The molecule has 6 heteroatoms. The van der Waals surface area contributed by atoms with E-state index in [4.69, 9.17) is 24.1 Å². The van der Waals surface area contributed by atoms with Crippen LogP contribution in [0.15, 0.2) is 18.2 Å². The van der Waals surface area contributed by atoms with Crippen LogP contribution in [0.3, 0.4) is 0 Å². The van der Waals surface area contributed by atoms with Gasteiger partial charge in [0.15, 0.2) is 11.5 Å². The predicted octanol–water partition coefficient (Wildman–Crippen LogP) is 2.20. The summed E-state index contributed by atoms with van der Waals surface area (Å²) in [5, 5.41) is 9.01. The van der Waals surface area contributed by atoms with Gasteiger partial charge in [-0.3, -0.25) is 0 Å². The molecular formula is C16H20O6. The second-order valence-electron chi connectivity index (χ2n) is 5.82. The van der Waals surface area contributed by atoms with Crippen LogP contribution in [0.1, 0.15) is 25.3 Å². The van der Waals surface area contributed by atoms with Gasteiger partial charge in [-0.25, -0.2) is 4.79 Å². The summed E-state index contributed by atoms with van der Waals surface area (Å²) in [5.41, 5.74) is 1.21. The fourth-order valence-corrected chi connectivity index (χ4v) is 2.62. The van der Waals surface area contributed by atoms with E-state index in [2.05, 4.69) is 0 Å². The monoisotopic (exact) mass is 308 g/mol. The first-order chi connectivity index (χ1) is 10.6. The van der Waals surface area contributed by atoms with Gasteiger partial charge >= 0.3 is 5.97 Å². The van der Waals surface area contributed by atoms with Crippen LogP contribution in [0.25, 0.3) is 0 Å². The number of aryl methyl sites for hydroxylation is 1. The van der Waals surface area contributed by atoms with Crippen LogP contribution < -0.4 is 9.47 Å². The molecule has 3 rings (SSSR count). The summed E-state index contributed by atoms with van der Waals surface area (Å²) in [6.07, 6.45) is 2.86. The second-order valence-corrected chi connectivity index (χ2v) is 5.82. The molecule has 1 saturated heterocycles. The van der Waals surface area contributed by atoms with Crippen LogP contribution in [0, 0.1) is 5.92 Å². The average Bonchev–Trinajstić information content (AvgIpc) is 2.97. The number of carboxylic acids is 1. The average molecular weight is 308 g/mol. The summed E-state index contributed by atoms with van der Waals surface area (Å²) in [6.45, 7) is 2.57. The SMILES string of the molecule is CC1(C(=O)O)OCC(CCCc2ccc3c(c2)OCO3)CO1. The minimum Gasteiger partial charge on any atom is -0.477 e. The molecule has 1 aromatic rings. The zero-order chi connectivity index (χ0) is 15.6. The fraction of sp³-hybridized carbons (Fsp3) is 0.562. The Kier molecular flexibility index (Phi) is 4.22. The number of rotatable bonds is 5. The zero-order valence-electron chi connectivity index (χ0n) is 12.5. The van der Waals surface area contributed by atoms with Gasteiger partial charge in [0.05, 0.1) is 13.2 Å². The van der Waals surface area contributed by atoms with E-state index in [0.717, 1.165) is 30.8 Å². The Bertz CT molecular complexity index is 548. The molecule has 6 nitrogen and oxygen atoms in total. The van der Waals surface area contributed by atoms with Gasteiger partial charge in [0.1, 0.15) is 0 Å². The van der Waals surface area contributed by atoms with Crippen molar-refractivity contribution in [2.45, 2.75) is 32.0 Å². The lowest BCUT2D eigenvalue weighted by Crippen LogP contribution is -2.47. The standard InChI is InChI=1S/C16H20O6/c1-16(15(17)18)21-8-12(9-22-16)4-2-3-11-5-6-13-14(7-11)20-10-19-13/h5-7,12H,2-4,8-10H2,1H3,(H,17,18). The van der Waals surface area contributed by atoms with Gasteiger partial charge in [-0.1, -0.05) is 6.07 Å². The predicted molar refractivity (Wildman–Crippen MR) is 76.9 cm³/mol. The van der Waals surface area contributed by atoms with Crippen LogP contribution in [0.5, 0.6) is 11.5 Å². The highest BCUT2D eigenvalue weighted by Crippen LogP contribution is 2.33. The van der Waals surface area contributed by atoms with Gasteiger partial charge in [-0.15, -0.1) is 0 Å². The van der Waals surface area contributed by atoms with Crippen molar-refractivity contribution in [1.29, 1.82) is 0 Å². The maximum absolute atomic E-state index is 11.0. The molecule has 0 unspecified atom stereocenters. The molecule has 1 fully saturated rings. The number of fused-ring (bicyclic) bond motifs is 1. The topological polar surface area (TPSA) is 74.2 Å². The van der Waals surface area contributed by atoms with E-state index in [0.29, 0.717) is 13.2 Å². The van der Waals surface area contributed by atoms with Crippen molar-refractivity contribution in [3.63, 3.8) is 0 Å². The molecule has 0 aliphatic carbocycles. The number of ether oxygens (including phenoxy) is 4. The molecule has 22 heavy (non-hydrogen) atoms. The van der Waals surface area contributed by atoms with Crippen molar-refractivity contribution in [2.75, 3.05) is 20.0 Å². The summed E-state index contributed by atoms with van der Waals surface area (Å²) >= 11 is 0. The molecule has 0 amide bonds.